The fourth-order valence-electron chi connectivity index (χ4n) is 1.57. The molecule has 1 atom stereocenters. The van der Waals surface area contributed by atoms with Crippen LogP contribution >= 0.6 is 0 Å². The number of nitriles is 1. The summed E-state index contributed by atoms with van der Waals surface area (Å²) in [5.74, 6) is -0.382. The van der Waals surface area contributed by atoms with Crippen LogP contribution in [0.3, 0.4) is 0 Å². The van der Waals surface area contributed by atoms with E-state index in [2.05, 4.69) is 10.3 Å². The largest absolute Gasteiger partial charge is 0.480 e. The lowest BCUT2D eigenvalue weighted by atomic mass is 10.1. The quantitative estimate of drug-likeness (QED) is 0.792. The third kappa shape index (κ3) is 2.11. The summed E-state index contributed by atoms with van der Waals surface area (Å²) in [5, 5.41) is 20.7. The van der Waals surface area contributed by atoms with Gasteiger partial charge in [0.15, 0.2) is 0 Å². The third-order valence-electron chi connectivity index (χ3n) is 2.58. The fourth-order valence-corrected chi connectivity index (χ4v) is 1.57. The Morgan fingerprint density at radius 2 is 2.44 bits per heavy atom. The van der Waals surface area contributed by atoms with Crippen molar-refractivity contribution in [1.29, 1.82) is 5.26 Å². The number of nitrogens with zero attached hydrogens (tertiary/aromatic N) is 2. The number of aromatic nitrogens is 1. The molecule has 1 fully saturated rings. The van der Waals surface area contributed by atoms with Gasteiger partial charge in [0.1, 0.15) is 17.9 Å². The van der Waals surface area contributed by atoms with Crippen molar-refractivity contribution in [2.45, 2.75) is 18.9 Å². The standard InChI is InChI=1S/C11H11N3O2/c12-6-8-2-1-5-13-10(8)14-9(11(15)16)7-3-4-7/h1-2,5,7,9H,3-4H2,(H,13,14)(H,15,16). The highest BCUT2D eigenvalue weighted by Crippen LogP contribution is 2.34. The van der Waals surface area contributed by atoms with Crippen LogP contribution in [0.2, 0.25) is 0 Å². The van der Waals surface area contributed by atoms with Crippen LogP contribution in [0.5, 0.6) is 0 Å². The van der Waals surface area contributed by atoms with Crippen molar-refractivity contribution < 1.29 is 9.90 Å². The lowest BCUT2D eigenvalue weighted by molar-refractivity contribution is -0.138. The van der Waals surface area contributed by atoms with Gasteiger partial charge in [0.2, 0.25) is 0 Å². The second-order valence-corrected chi connectivity index (χ2v) is 3.81. The van der Waals surface area contributed by atoms with Gasteiger partial charge in [-0.1, -0.05) is 0 Å². The second-order valence-electron chi connectivity index (χ2n) is 3.81. The number of nitrogens with one attached hydrogen (secondary N) is 1. The van der Waals surface area contributed by atoms with Gasteiger partial charge in [0.05, 0.1) is 5.56 Å². The lowest BCUT2D eigenvalue weighted by Gasteiger charge is -2.14. The van der Waals surface area contributed by atoms with Crippen LogP contribution in [0, 0.1) is 17.2 Å². The monoisotopic (exact) mass is 217 g/mol. The predicted molar refractivity (Wildman–Crippen MR) is 56.7 cm³/mol. The van der Waals surface area contributed by atoms with E-state index in [1.54, 1.807) is 12.1 Å². The average Bonchev–Trinajstić information content (AvgIpc) is 3.10. The van der Waals surface area contributed by atoms with E-state index in [9.17, 15) is 4.79 Å². The Hall–Kier alpha value is -2.09. The van der Waals surface area contributed by atoms with Crippen LogP contribution in [0.1, 0.15) is 18.4 Å². The molecule has 0 saturated heterocycles. The number of aliphatic carboxylic acids is 1. The molecule has 2 rings (SSSR count). The molecule has 1 unspecified atom stereocenters. The summed E-state index contributed by atoms with van der Waals surface area (Å²) in [4.78, 5) is 15.0. The summed E-state index contributed by atoms with van der Waals surface area (Å²) in [5.41, 5.74) is 0.370. The Bertz CT molecular complexity index is 449. The first-order valence-electron chi connectivity index (χ1n) is 5.07. The Labute approximate surface area is 92.7 Å². The van der Waals surface area contributed by atoms with Crippen molar-refractivity contribution in [2.24, 2.45) is 5.92 Å². The Balaban J connectivity index is 2.18. The minimum absolute atomic E-state index is 0.158. The number of hydrogen-bond acceptors (Lipinski definition) is 4. The highest BCUT2D eigenvalue weighted by atomic mass is 16.4. The molecule has 0 radical (unpaired) electrons. The number of carboxylic acid groups (broad SMARTS) is 1. The molecule has 0 aromatic carbocycles. The number of anilines is 1. The predicted octanol–water partition coefficient (Wildman–Crippen LogP) is 1.23. The van der Waals surface area contributed by atoms with Crippen LogP contribution in [0.25, 0.3) is 0 Å². The number of hydrogen-bond donors (Lipinski definition) is 2. The van der Waals surface area contributed by atoms with E-state index in [1.807, 2.05) is 6.07 Å². The molecule has 5 heteroatoms. The zero-order chi connectivity index (χ0) is 11.5. The molecular weight excluding hydrogens is 206 g/mol. The SMILES string of the molecule is N#Cc1cccnc1NC(C(=O)O)C1CC1. The minimum atomic E-state index is -0.892. The molecule has 5 nitrogen and oxygen atoms in total. The Kier molecular flexibility index (Phi) is 2.73. The lowest BCUT2D eigenvalue weighted by Crippen LogP contribution is -2.32. The van der Waals surface area contributed by atoms with Crippen molar-refractivity contribution in [3.63, 3.8) is 0 Å². The van der Waals surface area contributed by atoms with E-state index < -0.39 is 12.0 Å². The van der Waals surface area contributed by atoms with Crippen molar-refractivity contribution in [1.82, 2.24) is 4.98 Å². The Morgan fingerprint density at radius 1 is 1.69 bits per heavy atom. The first-order valence-corrected chi connectivity index (χ1v) is 5.07. The van der Waals surface area contributed by atoms with Crippen LogP contribution in [0.4, 0.5) is 5.82 Å². The Morgan fingerprint density at radius 3 is 3.00 bits per heavy atom. The molecule has 1 aliphatic carbocycles. The zero-order valence-corrected chi connectivity index (χ0v) is 8.55. The van der Waals surface area contributed by atoms with Crippen LogP contribution < -0.4 is 5.32 Å². The zero-order valence-electron chi connectivity index (χ0n) is 8.55. The molecule has 0 spiro atoms. The maximum atomic E-state index is 11.0. The molecule has 1 saturated carbocycles. The van der Waals surface area contributed by atoms with Crippen molar-refractivity contribution in [3.05, 3.63) is 23.9 Å². The van der Waals surface area contributed by atoms with E-state index >= 15 is 0 Å². The molecule has 1 aliphatic rings. The van der Waals surface area contributed by atoms with Gasteiger partial charge >= 0.3 is 5.97 Å². The highest BCUT2D eigenvalue weighted by molar-refractivity contribution is 5.78. The van der Waals surface area contributed by atoms with Gasteiger partial charge < -0.3 is 10.4 Å². The molecule has 0 aliphatic heterocycles. The van der Waals surface area contributed by atoms with Gasteiger partial charge in [0, 0.05) is 6.20 Å². The molecule has 1 aromatic heterocycles. The number of rotatable bonds is 4. The van der Waals surface area contributed by atoms with Crippen molar-refractivity contribution in [2.75, 3.05) is 5.32 Å². The van der Waals surface area contributed by atoms with E-state index in [-0.39, 0.29) is 5.92 Å². The van der Waals surface area contributed by atoms with Crippen molar-refractivity contribution in [3.8, 4) is 6.07 Å². The van der Waals surface area contributed by atoms with Gasteiger partial charge in [-0.25, -0.2) is 9.78 Å². The molecule has 1 heterocycles. The summed E-state index contributed by atoms with van der Waals surface area (Å²) in [6, 6.07) is 4.61. The first-order chi connectivity index (χ1) is 7.72. The maximum absolute atomic E-state index is 11.0. The number of carbonyl (C=O) groups is 1. The molecule has 16 heavy (non-hydrogen) atoms. The molecule has 0 bridgehead atoms. The third-order valence-corrected chi connectivity index (χ3v) is 2.58. The maximum Gasteiger partial charge on any atom is 0.326 e. The van der Waals surface area contributed by atoms with Crippen molar-refractivity contribution >= 4 is 11.8 Å². The minimum Gasteiger partial charge on any atom is -0.480 e. The van der Waals surface area contributed by atoms with Gasteiger partial charge in [0.25, 0.3) is 0 Å². The molecule has 82 valence electrons. The van der Waals surface area contributed by atoms with E-state index in [0.29, 0.717) is 11.4 Å². The van der Waals surface area contributed by atoms with E-state index in [0.717, 1.165) is 12.8 Å². The first kappa shape index (κ1) is 10.4. The smallest absolute Gasteiger partial charge is 0.326 e. The van der Waals surface area contributed by atoms with Gasteiger partial charge in [-0.15, -0.1) is 0 Å². The highest BCUT2D eigenvalue weighted by Gasteiger charge is 2.36. The van der Waals surface area contributed by atoms with E-state index in [1.165, 1.54) is 6.20 Å². The fraction of sp³-hybridized carbons (Fsp3) is 0.364. The summed E-state index contributed by atoms with van der Waals surface area (Å²) in [6.07, 6.45) is 3.37. The molecule has 0 amide bonds. The molecule has 2 N–H and O–H groups in total. The van der Waals surface area contributed by atoms with E-state index in [4.69, 9.17) is 10.4 Å². The summed E-state index contributed by atoms with van der Waals surface area (Å²) in [7, 11) is 0. The van der Waals surface area contributed by atoms with Crippen LogP contribution in [0.15, 0.2) is 18.3 Å². The van der Waals surface area contributed by atoms with Gasteiger partial charge in [-0.3, -0.25) is 0 Å². The van der Waals surface area contributed by atoms with Crippen LogP contribution in [-0.2, 0) is 4.79 Å². The van der Waals surface area contributed by atoms with Crippen LogP contribution in [-0.4, -0.2) is 22.1 Å². The second kappa shape index (κ2) is 4.19. The molecule has 1 aromatic rings. The topological polar surface area (TPSA) is 86.0 Å². The molecular formula is C11H11N3O2. The normalized spacial score (nSPS) is 16.2. The number of pyridine rings is 1. The average molecular weight is 217 g/mol. The number of carboxylic acids is 1. The summed E-state index contributed by atoms with van der Waals surface area (Å²) in [6.45, 7) is 0. The summed E-state index contributed by atoms with van der Waals surface area (Å²) < 4.78 is 0. The summed E-state index contributed by atoms with van der Waals surface area (Å²) >= 11 is 0. The van der Waals surface area contributed by atoms with Gasteiger partial charge in [-0.2, -0.15) is 5.26 Å². The van der Waals surface area contributed by atoms with Gasteiger partial charge in [-0.05, 0) is 30.9 Å².